The Labute approximate surface area is 182 Å². The summed E-state index contributed by atoms with van der Waals surface area (Å²) in [6.45, 7) is 2.94. The Balaban J connectivity index is 1.55. The molecule has 1 fully saturated rings. The molecule has 0 aromatic heterocycles. The van der Waals surface area contributed by atoms with Crippen LogP contribution in [0.1, 0.15) is 36.9 Å². The van der Waals surface area contributed by atoms with Crippen LogP contribution >= 0.6 is 0 Å². The summed E-state index contributed by atoms with van der Waals surface area (Å²) in [7, 11) is 1.73. The van der Waals surface area contributed by atoms with Crippen LogP contribution in [0.5, 0.6) is 0 Å². The molecule has 0 aliphatic carbocycles. The van der Waals surface area contributed by atoms with E-state index in [2.05, 4.69) is 0 Å². The van der Waals surface area contributed by atoms with E-state index in [9.17, 15) is 19.7 Å². The van der Waals surface area contributed by atoms with E-state index in [0.717, 1.165) is 11.1 Å². The number of non-ortho nitro benzene ring substituents is 1. The van der Waals surface area contributed by atoms with Crippen LogP contribution in [0.25, 0.3) is 6.08 Å². The molecular weight excluding hydrogens is 394 g/mol. The van der Waals surface area contributed by atoms with E-state index < -0.39 is 4.92 Å². The molecule has 7 nitrogen and oxygen atoms in total. The molecule has 0 spiro atoms. The highest BCUT2D eigenvalue weighted by Crippen LogP contribution is 2.27. The number of rotatable bonds is 6. The number of nitro benzene ring substituents is 1. The lowest BCUT2D eigenvalue weighted by Crippen LogP contribution is -2.43. The molecule has 0 bridgehead atoms. The fourth-order valence-corrected chi connectivity index (χ4v) is 3.78. The normalized spacial score (nSPS) is 15.6. The van der Waals surface area contributed by atoms with Crippen LogP contribution in [-0.4, -0.2) is 46.7 Å². The number of benzene rings is 2. The highest BCUT2D eigenvalue weighted by atomic mass is 16.6. The summed E-state index contributed by atoms with van der Waals surface area (Å²) in [6.07, 6.45) is 4.59. The van der Waals surface area contributed by atoms with Gasteiger partial charge >= 0.3 is 0 Å². The molecule has 1 aliphatic heterocycles. The number of nitrogens with zero attached hydrogens (tertiary/aromatic N) is 3. The smallest absolute Gasteiger partial charge is 0.269 e. The first-order chi connectivity index (χ1) is 14.9. The van der Waals surface area contributed by atoms with Gasteiger partial charge in [0.15, 0.2) is 0 Å². The van der Waals surface area contributed by atoms with Gasteiger partial charge in [0, 0.05) is 44.3 Å². The molecule has 2 amide bonds. The van der Waals surface area contributed by atoms with Gasteiger partial charge in [-0.2, -0.15) is 0 Å². The van der Waals surface area contributed by atoms with Crippen molar-refractivity contribution >= 4 is 23.6 Å². The van der Waals surface area contributed by atoms with E-state index in [0.29, 0.717) is 25.9 Å². The fraction of sp³-hybridized carbons (Fsp3) is 0.333. The maximum absolute atomic E-state index is 13.0. The fourth-order valence-electron chi connectivity index (χ4n) is 3.78. The Morgan fingerprint density at radius 1 is 1.13 bits per heavy atom. The first-order valence-corrected chi connectivity index (χ1v) is 10.4. The van der Waals surface area contributed by atoms with Crippen molar-refractivity contribution < 1.29 is 14.5 Å². The number of carbonyl (C=O) groups is 2. The molecule has 1 saturated heterocycles. The summed E-state index contributed by atoms with van der Waals surface area (Å²) in [5.74, 6) is -0.202. The molecule has 162 valence electrons. The third-order valence-electron chi connectivity index (χ3n) is 5.87. The average Bonchev–Trinajstić information content (AvgIpc) is 2.82. The maximum atomic E-state index is 13.0. The zero-order chi connectivity index (χ0) is 22.4. The van der Waals surface area contributed by atoms with Crippen LogP contribution in [0.3, 0.4) is 0 Å². The molecular formula is C24H27N3O4. The van der Waals surface area contributed by atoms with Gasteiger partial charge in [-0.05, 0) is 37.0 Å². The Kier molecular flexibility index (Phi) is 7.18. The van der Waals surface area contributed by atoms with Crippen molar-refractivity contribution in [2.24, 2.45) is 5.92 Å². The molecule has 0 N–H and O–H groups in total. The van der Waals surface area contributed by atoms with Crippen molar-refractivity contribution in [1.82, 2.24) is 9.80 Å². The minimum atomic E-state index is -0.434. The molecule has 3 rings (SSSR count). The van der Waals surface area contributed by atoms with Gasteiger partial charge in [-0.1, -0.05) is 42.5 Å². The van der Waals surface area contributed by atoms with Gasteiger partial charge in [-0.3, -0.25) is 19.7 Å². The molecule has 2 aromatic rings. The van der Waals surface area contributed by atoms with E-state index in [1.807, 2.05) is 37.3 Å². The molecule has 0 saturated carbocycles. The van der Waals surface area contributed by atoms with Crippen LogP contribution in [0.15, 0.2) is 60.7 Å². The van der Waals surface area contributed by atoms with Gasteiger partial charge in [-0.15, -0.1) is 0 Å². The molecule has 1 aliphatic rings. The molecule has 0 radical (unpaired) electrons. The second-order valence-corrected chi connectivity index (χ2v) is 7.82. The number of carbonyl (C=O) groups excluding carboxylic acids is 2. The summed E-state index contributed by atoms with van der Waals surface area (Å²) in [4.78, 5) is 39.5. The molecule has 1 unspecified atom stereocenters. The third kappa shape index (κ3) is 5.57. The predicted octanol–water partition coefficient (Wildman–Crippen LogP) is 4.07. The third-order valence-corrected chi connectivity index (χ3v) is 5.87. The monoisotopic (exact) mass is 421 g/mol. The van der Waals surface area contributed by atoms with E-state index >= 15 is 0 Å². The first-order valence-electron chi connectivity index (χ1n) is 10.4. The van der Waals surface area contributed by atoms with Crippen LogP contribution in [0.4, 0.5) is 5.69 Å². The number of hydrogen-bond donors (Lipinski definition) is 0. The maximum Gasteiger partial charge on any atom is 0.269 e. The summed E-state index contributed by atoms with van der Waals surface area (Å²) < 4.78 is 0. The highest BCUT2D eigenvalue weighted by molar-refractivity contribution is 5.92. The molecule has 1 heterocycles. The molecule has 2 aromatic carbocycles. The Bertz CT molecular complexity index is 966. The largest absolute Gasteiger partial charge is 0.339 e. The second kappa shape index (κ2) is 10.0. The van der Waals surface area contributed by atoms with E-state index in [1.54, 1.807) is 41.1 Å². The van der Waals surface area contributed by atoms with E-state index in [-0.39, 0.29) is 29.5 Å². The van der Waals surface area contributed by atoms with Gasteiger partial charge in [0.05, 0.1) is 11.0 Å². The second-order valence-electron chi connectivity index (χ2n) is 7.82. The zero-order valence-electron chi connectivity index (χ0n) is 17.8. The molecule has 7 heteroatoms. The van der Waals surface area contributed by atoms with E-state index in [1.165, 1.54) is 12.1 Å². The van der Waals surface area contributed by atoms with Crippen molar-refractivity contribution in [3.8, 4) is 0 Å². The van der Waals surface area contributed by atoms with Crippen molar-refractivity contribution in [2.45, 2.75) is 25.8 Å². The van der Waals surface area contributed by atoms with Gasteiger partial charge in [0.1, 0.15) is 0 Å². The molecule has 1 atom stereocenters. The summed E-state index contributed by atoms with van der Waals surface area (Å²) in [5.41, 5.74) is 1.71. The Hall–Kier alpha value is -3.48. The van der Waals surface area contributed by atoms with E-state index in [4.69, 9.17) is 0 Å². The minimum absolute atomic E-state index is 0.00549. The standard InChI is InChI=1S/C24H27N3O4/c1-18(21-9-6-10-22(17-21)27(30)31)25(2)24(29)20-13-15-26(16-14-20)23(28)12-11-19-7-4-3-5-8-19/h3-12,17-18,20H,13-16H2,1-2H3. The average molecular weight is 421 g/mol. The number of nitro groups is 1. The SMILES string of the molecule is CC(c1cccc([N+](=O)[O-])c1)N(C)C(=O)C1CCN(C(=O)C=Cc2ccccc2)CC1. The lowest BCUT2D eigenvalue weighted by molar-refractivity contribution is -0.384. The van der Waals surface area contributed by atoms with Gasteiger partial charge in [-0.25, -0.2) is 0 Å². The lowest BCUT2D eigenvalue weighted by Gasteiger charge is -2.34. The van der Waals surface area contributed by atoms with Crippen LogP contribution in [-0.2, 0) is 9.59 Å². The zero-order valence-corrected chi connectivity index (χ0v) is 17.8. The van der Waals surface area contributed by atoms with Crippen molar-refractivity contribution in [2.75, 3.05) is 20.1 Å². The van der Waals surface area contributed by atoms with Crippen LogP contribution in [0, 0.1) is 16.0 Å². The number of piperidine rings is 1. The van der Waals surface area contributed by atoms with Crippen LogP contribution in [0.2, 0.25) is 0 Å². The summed E-state index contributed by atoms with van der Waals surface area (Å²) >= 11 is 0. The Morgan fingerprint density at radius 3 is 2.45 bits per heavy atom. The van der Waals surface area contributed by atoms with Crippen molar-refractivity contribution in [3.05, 3.63) is 81.9 Å². The van der Waals surface area contributed by atoms with Gasteiger partial charge < -0.3 is 9.80 Å². The predicted molar refractivity (Wildman–Crippen MR) is 119 cm³/mol. The van der Waals surface area contributed by atoms with Crippen molar-refractivity contribution in [1.29, 1.82) is 0 Å². The highest BCUT2D eigenvalue weighted by Gasteiger charge is 2.30. The van der Waals surface area contributed by atoms with Gasteiger partial charge in [0.25, 0.3) is 5.69 Å². The topological polar surface area (TPSA) is 83.8 Å². The minimum Gasteiger partial charge on any atom is -0.339 e. The first kappa shape index (κ1) is 22.2. The molecule has 31 heavy (non-hydrogen) atoms. The number of likely N-dealkylation sites (tertiary alicyclic amines) is 1. The summed E-state index contributed by atoms with van der Waals surface area (Å²) in [5, 5.41) is 11.0. The van der Waals surface area contributed by atoms with Gasteiger partial charge in [0.2, 0.25) is 11.8 Å². The lowest BCUT2D eigenvalue weighted by atomic mass is 9.94. The number of amides is 2. The van der Waals surface area contributed by atoms with Crippen LogP contribution < -0.4 is 0 Å². The number of hydrogen-bond acceptors (Lipinski definition) is 4. The van der Waals surface area contributed by atoms with Crippen molar-refractivity contribution in [3.63, 3.8) is 0 Å². The Morgan fingerprint density at radius 2 is 1.81 bits per heavy atom. The summed E-state index contributed by atoms with van der Waals surface area (Å²) in [6, 6.07) is 15.8. The quantitative estimate of drug-likeness (QED) is 0.400.